The number of rotatable bonds is 6. The zero-order valence-corrected chi connectivity index (χ0v) is 22.2. The predicted molar refractivity (Wildman–Crippen MR) is 145 cm³/mol. The molecule has 0 spiro atoms. The van der Waals surface area contributed by atoms with Crippen molar-refractivity contribution in [3.63, 3.8) is 0 Å². The van der Waals surface area contributed by atoms with Crippen molar-refractivity contribution in [2.24, 2.45) is 0 Å². The maximum Gasteiger partial charge on any atom is 0.230 e. The van der Waals surface area contributed by atoms with Crippen LogP contribution in [-0.4, -0.2) is 57.9 Å². The smallest absolute Gasteiger partial charge is 0.230 e. The highest BCUT2D eigenvalue weighted by Crippen LogP contribution is 2.43. The van der Waals surface area contributed by atoms with Crippen LogP contribution in [-0.2, 0) is 0 Å². The van der Waals surface area contributed by atoms with Gasteiger partial charge in [-0.05, 0) is 54.1 Å². The minimum Gasteiger partial charge on any atom is -0.497 e. The monoisotopic (exact) mass is 555 g/mol. The van der Waals surface area contributed by atoms with E-state index in [-0.39, 0.29) is 11.9 Å². The Bertz CT molecular complexity index is 1530. The minimum absolute atomic E-state index is 0.0407. The summed E-state index contributed by atoms with van der Waals surface area (Å²) >= 11 is 14.3. The van der Waals surface area contributed by atoms with E-state index in [2.05, 4.69) is 32.0 Å². The molecular weight excluding hydrogens is 533 g/mol. The Balaban J connectivity index is 1.33. The molecule has 1 aliphatic rings. The van der Waals surface area contributed by atoms with Crippen LogP contribution in [0.1, 0.15) is 16.5 Å². The van der Waals surface area contributed by atoms with E-state index in [1.165, 1.54) is 15.9 Å². The lowest BCUT2D eigenvalue weighted by Crippen LogP contribution is -2.47. The van der Waals surface area contributed by atoms with Gasteiger partial charge in [-0.25, -0.2) is 0 Å². The number of hydrogen-bond acceptors (Lipinski definition) is 8. The summed E-state index contributed by atoms with van der Waals surface area (Å²) in [6.07, 6.45) is 1.57. The van der Waals surface area contributed by atoms with Crippen LogP contribution in [0.4, 0.5) is 5.69 Å². The summed E-state index contributed by atoms with van der Waals surface area (Å²) in [5.74, 6) is 1.84. The molecule has 3 aromatic heterocycles. The number of hydrogen-bond donors (Lipinski definition) is 1. The first kappa shape index (κ1) is 24.1. The first-order valence-electron chi connectivity index (χ1n) is 11.7. The van der Waals surface area contributed by atoms with Crippen molar-refractivity contribution in [3.05, 3.63) is 81.3 Å². The molecule has 0 amide bonds. The van der Waals surface area contributed by atoms with Crippen LogP contribution in [0, 0.1) is 0 Å². The van der Waals surface area contributed by atoms with Crippen LogP contribution in [0.25, 0.3) is 16.5 Å². The maximum absolute atomic E-state index is 11.3. The van der Waals surface area contributed by atoms with Gasteiger partial charge in [0.15, 0.2) is 5.76 Å². The lowest BCUT2D eigenvalue weighted by molar-refractivity contribution is 0.211. The van der Waals surface area contributed by atoms with Gasteiger partial charge in [-0.2, -0.15) is 9.50 Å². The van der Waals surface area contributed by atoms with Gasteiger partial charge in [0.1, 0.15) is 5.75 Å². The second-order valence-corrected chi connectivity index (χ2v) is 10.5. The van der Waals surface area contributed by atoms with Crippen molar-refractivity contribution in [2.45, 2.75) is 6.04 Å². The highest BCUT2D eigenvalue weighted by Gasteiger charge is 2.33. The molecule has 1 fully saturated rings. The molecule has 1 atom stereocenters. The molecule has 37 heavy (non-hydrogen) atoms. The van der Waals surface area contributed by atoms with E-state index < -0.39 is 0 Å². The van der Waals surface area contributed by atoms with Gasteiger partial charge in [-0.1, -0.05) is 40.6 Å². The standard InChI is InChI=1S/C26H23Cl2N5O3S/c1-35-18-7-5-17(6-8-18)31-10-12-32(13-11-31)22(19-9-4-16(27)15-20(19)28)23-25(34)33-26(37-23)29-24(30-33)21-3-2-14-36-21/h2-9,14-15,22,34H,10-13H2,1H3/t22-/m0/s1. The van der Waals surface area contributed by atoms with E-state index in [1.807, 2.05) is 24.3 Å². The van der Waals surface area contributed by atoms with Gasteiger partial charge in [0.25, 0.3) is 0 Å². The summed E-state index contributed by atoms with van der Waals surface area (Å²) < 4.78 is 12.2. The van der Waals surface area contributed by atoms with E-state index in [1.54, 1.807) is 31.6 Å². The Labute approximate surface area is 227 Å². The number of thiazole rings is 1. The van der Waals surface area contributed by atoms with E-state index in [4.69, 9.17) is 32.4 Å². The van der Waals surface area contributed by atoms with Crippen molar-refractivity contribution in [1.29, 1.82) is 0 Å². The van der Waals surface area contributed by atoms with Gasteiger partial charge >= 0.3 is 0 Å². The Morgan fingerprint density at radius 1 is 1.05 bits per heavy atom. The summed E-state index contributed by atoms with van der Waals surface area (Å²) in [5, 5.41) is 16.9. The van der Waals surface area contributed by atoms with Gasteiger partial charge in [0.05, 0.1) is 24.3 Å². The summed E-state index contributed by atoms with van der Waals surface area (Å²) in [7, 11) is 1.67. The Kier molecular flexibility index (Phi) is 6.46. The highest BCUT2D eigenvalue weighted by molar-refractivity contribution is 7.17. The largest absolute Gasteiger partial charge is 0.497 e. The van der Waals surface area contributed by atoms with Crippen molar-refractivity contribution < 1.29 is 14.3 Å². The van der Waals surface area contributed by atoms with Crippen molar-refractivity contribution in [1.82, 2.24) is 19.5 Å². The predicted octanol–water partition coefficient (Wildman–Crippen LogP) is 5.98. The third-order valence-corrected chi connectivity index (χ3v) is 8.20. The molecule has 11 heteroatoms. The molecule has 4 heterocycles. The second-order valence-electron chi connectivity index (χ2n) is 8.69. The van der Waals surface area contributed by atoms with E-state index in [0.29, 0.717) is 26.6 Å². The van der Waals surface area contributed by atoms with Crippen molar-refractivity contribution >= 4 is 45.2 Å². The molecule has 1 saturated heterocycles. The summed E-state index contributed by atoms with van der Waals surface area (Å²) in [6.45, 7) is 3.16. The topological polar surface area (TPSA) is 79.3 Å². The quantitative estimate of drug-likeness (QED) is 0.276. The molecule has 0 aliphatic carbocycles. The fourth-order valence-corrected chi connectivity index (χ4v) is 6.32. The number of fused-ring (bicyclic) bond motifs is 1. The van der Waals surface area contributed by atoms with Gasteiger partial charge < -0.3 is 19.2 Å². The van der Waals surface area contributed by atoms with Gasteiger partial charge in [-0.3, -0.25) is 4.90 Å². The normalized spacial score (nSPS) is 15.4. The Hall–Kier alpha value is -3.24. The lowest BCUT2D eigenvalue weighted by atomic mass is 10.0. The third-order valence-electron chi connectivity index (χ3n) is 6.56. The van der Waals surface area contributed by atoms with Crippen molar-refractivity contribution in [3.8, 4) is 23.2 Å². The summed E-state index contributed by atoms with van der Waals surface area (Å²) in [4.78, 5) is 10.6. The molecule has 6 rings (SSSR count). The molecule has 0 bridgehead atoms. The van der Waals surface area contributed by atoms with Crippen LogP contribution in [0.2, 0.25) is 10.0 Å². The molecule has 190 valence electrons. The molecule has 0 radical (unpaired) electrons. The zero-order valence-electron chi connectivity index (χ0n) is 19.8. The average Bonchev–Trinajstić information content (AvgIpc) is 3.65. The number of aromatic nitrogens is 3. The van der Waals surface area contributed by atoms with Crippen LogP contribution in [0.5, 0.6) is 11.6 Å². The first-order chi connectivity index (χ1) is 18.0. The fourth-order valence-electron chi connectivity index (χ4n) is 4.70. The van der Waals surface area contributed by atoms with Gasteiger partial charge in [0, 0.05) is 41.9 Å². The molecule has 2 aromatic carbocycles. The third kappa shape index (κ3) is 4.53. The summed E-state index contributed by atoms with van der Waals surface area (Å²) in [5.41, 5.74) is 2.02. The van der Waals surface area contributed by atoms with Crippen LogP contribution >= 0.6 is 34.5 Å². The molecular formula is C26H23Cl2N5O3S. The van der Waals surface area contributed by atoms with E-state index in [9.17, 15) is 5.11 Å². The first-order valence-corrected chi connectivity index (χ1v) is 13.3. The van der Waals surface area contributed by atoms with Crippen LogP contribution in [0.3, 0.4) is 0 Å². The zero-order chi connectivity index (χ0) is 25.5. The number of methoxy groups -OCH3 is 1. The number of ether oxygens (including phenoxy) is 1. The summed E-state index contributed by atoms with van der Waals surface area (Å²) in [6, 6.07) is 16.9. The number of anilines is 1. The SMILES string of the molecule is COc1ccc(N2CCN([C@@H](c3ccc(Cl)cc3Cl)c3sc4nc(-c5ccco5)nn4c3O)CC2)cc1. The number of piperazine rings is 1. The van der Waals surface area contributed by atoms with Crippen LogP contribution < -0.4 is 9.64 Å². The average molecular weight is 556 g/mol. The number of benzene rings is 2. The number of aromatic hydroxyl groups is 1. The Morgan fingerprint density at radius 3 is 2.49 bits per heavy atom. The molecule has 8 nitrogen and oxygen atoms in total. The van der Waals surface area contributed by atoms with E-state index >= 15 is 0 Å². The van der Waals surface area contributed by atoms with Crippen molar-refractivity contribution in [2.75, 3.05) is 38.2 Å². The number of furan rings is 1. The molecule has 1 aliphatic heterocycles. The number of halogens is 2. The second kappa shape index (κ2) is 9.90. The molecule has 1 N–H and O–H groups in total. The van der Waals surface area contributed by atoms with Gasteiger partial charge in [0.2, 0.25) is 16.7 Å². The number of nitrogens with zero attached hydrogens (tertiary/aromatic N) is 5. The fraction of sp³-hybridized carbons (Fsp3) is 0.231. The maximum atomic E-state index is 11.3. The Morgan fingerprint density at radius 2 is 1.84 bits per heavy atom. The van der Waals surface area contributed by atoms with Gasteiger partial charge in [-0.15, -0.1) is 5.10 Å². The molecule has 0 saturated carbocycles. The molecule has 5 aromatic rings. The minimum atomic E-state index is -0.289. The molecule has 0 unspecified atom stereocenters. The van der Waals surface area contributed by atoms with Crippen LogP contribution in [0.15, 0.2) is 65.3 Å². The highest BCUT2D eigenvalue weighted by atomic mass is 35.5. The van der Waals surface area contributed by atoms with E-state index in [0.717, 1.165) is 48.1 Å². The lowest BCUT2D eigenvalue weighted by Gasteiger charge is -2.40.